The van der Waals surface area contributed by atoms with Crippen molar-refractivity contribution in [2.24, 2.45) is 0 Å². The first-order chi connectivity index (χ1) is 17.0. The van der Waals surface area contributed by atoms with Gasteiger partial charge in [-0.2, -0.15) is 0 Å². The molecule has 0 saturated carbocycles. The molecule has 1 heterocycles. The van der Waals surface area contributed by atoms with Gasteiger partial charge in [0.2, 0.25) is 5.91 Å². The van der Waals surface area contributed by atoms with E-state index in [2.05, 4.69) is 10.3 Å². The number of anilines is 1. The molecule has 0 unspecified atom stereocenters. The lowest BCUT2D eigenvalue weighted by atomic mass is 10.1. The number of rotatable bonds is 9. The number of hydrogen-bond acceptors (Lipinski definition) is 4. The van der Waals surface area contributed by atoms with Gasteiger partial charge in [0.1, 0.15) is 24.7 Å². The van der Waals surface area contributed by atoms with Crippen LogP contribution in [0, 0.1) is 0 Å². The van der Waals surface area contributed by atoms with Gasteiger partial charge in [-0.05, 0) is 68.4 Å². The largest absolute Gasteiger partial charge is 0.486 e. The van der Waals surface area contributed by atoms with Crippen molar-refractivity contribution < 1.29 is 14.3 Å². The van der Waals surface area contributed by atoms with Crippen LogP contribution in [0.15, 0.2) is 72.8 Å². The minimum Gasteiger partial charge on any atom is -0.486 e. The first-order valence-electron chi connectivity index (χ1n) is 11.5. The van der Waals surface area contributed by atoms with Gasteiger partial charge in [0, 0.05) is 29.4 Å². The van der Waals surface area contributed by atoms with Gasteiger partial charge in [0.05, 0.1) is 11.0 Å². The van der Waals surface area contributed by atoms with Crippen molar-refractivity contribution in [3.63, 3.8) is 0 Å². The summed E-state index contributed by atoms with van der Waals surface area (Å²) in [6, 6.07) is 21.7. The number of amides is 2. The third kappa shape index (κ3) is 5.81. The first-order valence-corrected chi connectivity index (χ1v) is 11.9. The van der Waals surface area contributed by atoms with Crippen molar-refractivity contribution in [1.29, 1.82) is 0 Å². The molecule has 2 amide bonds. The van der Waals surface area contributed by atoms with Gasteiger partial charge in [-0.15, -0.1) is 0 Å². The molecule has 35 heavy (non-hydrogen) atoms. The number of halogens is 1. The standard InChI is InChI=1S/C27H27ClN4O3/c1-3-31(4-2)27(34)19-8-7-9-21(16-19)29-26(33)17-32-24-11-6-5-10-23(24)30-25(32)18-35-22-14-12-20(28)13-15-22/h5-16H,3-4,17-18H2,1-2H3,(H,29,33). The van der Waals surface area contributed by atoms with Crippen LogP contribution >= 0.6 is 11.6 Å². The fraction of sp³-hybridized carbons (Fsp3) is 0.222. The molecule has 1 N–H and O–H groups in total. The highest BCUT2D eigenvalue weighted by Crippen LogP contribution is 2.20. The Bertz CT molecular complexity index is 1330. The second-order valence-electron chi connectivity index (χ2n) is 7.95. The van der Waals surface area contributed by atoms with Gasteiger partial charge in [0.15, 0.2) is 0 Å². The molecule has 7 nitrogen and oxygen atoms in total. The van der Waals surface area contributed by atoms with Gasteiger partial charge >= 0.3 is 0 Å². The molecule has 180 valence electrons. The zero-order valence-electron chi connectivity index (χ0n) is 19.7. The molecular formula is C27H27ClN4O3. The number of nitrogens with zero attached hydrogens (tertiary/aromatic N) is 3. The van der Waals surface area contributed by atoms with Crippen molar-refractivity contribution in [3.05, 3.63) is 89.2 Å². The Morgan fingerprint density at radius 2 is 1.74 bits per heavy atom. The number of nitrogens with one attached hydrogen (secondary N) is 1. The minimum absolute atomic E-state index is 0.0496. The molecule has 3 aromatic carbocycles. The Morgan fingerprint density at radius 3 is 2.49 bits per heavy atom. The molecular weight excluding hydrogens is 464 g/mol. The van der Waals surface area contributed by atoms with Crippen LogP contribution in [0.25, 0.3) is 11.0 Å². The fourth-order valence-corrected chi connectivity index (χ4v) is 3.98. The lowest BCUT2D eigenvalue weighted by Gasteiger charge is -2.19. The molecule has 0 aliphatic carbocycles. The van der Waals surface area contributed by atoms with Crippen LogP contribution in [0.3, 0.4) is 0 Å². The zero-order chi connectivity index (χ0) is 24.8. The van der Waals surface area contributed by atoms with E-state index < -0.39 is 0 Å². The van der Waals surface area contributed by atoms with E-state index >= 15 is 0 Å². The van der Waals surface area contributed by atoms with E-state index in [4.69, 9.17) is 16.3 Å². The number of hydrogen-bond donors (Lipinski definition) is 1. The highest BCUT2D eigenvalue weighted by Gasteiger charge is 2.16. The summed E-state index contributed by atoms with van der Waals surface area (Å²) in [6.07, 6.45) is 0. The summed E-state index contributed by atoms with van der Waals surface area (Å²) in [4.78, 5) is 32.1. The summed E-state index contributed by atoms with van der Waals surface area (Å²) in [7, 11) is 0. The maximum absolute atomic E-state index is 13.0. The van der Waals surface area contributed by atoms with Crippen LogP contribution in [0.2, 0.25) is 5.02 Å². The Kier molecular flexibility index (Phi) is 7.67. The van der Waals surface area contributed by atoms with Crippen molar-refractivity contribution in [1.82, 2.24) is 14.5 Å². The molecule has 0 bridgehead atoms. The van der Waals surface area contributed by atoms with Crippen LogP contribution < -0.4 is 10.1 Å². The second-order valence-corrected chi connectivity index (χ2v) is 8.39. The Morgan fingerprint density at radius 1 is 1.00 bits per heavy atom. The summed E-state index contributed by atoms with van der Waals surface area (Å²) >= 11 is 5.95. The maximum atomic E-state index is 13.0. The number of aromatic nitrogens is 2. The summed E-state index contributed by atoms with van der Waals surface area (Å²) < 4.78 is 7.73. The Balaban J connectivity index is 1.51. The molecule has 8 heteroatoms. The van der Waals surface area contributed by atoms with Gasteiger partial charge in [0.25, 0.3) is 5.91 Å². The molecule has 0 spiro atoms. The van der Waals surface area contributed by atoms with Gasteiger partial charge in [-0.25, -0.2) is 4.98 Å². The van der Waals surface area contributed by atoms with E-state index in [-0.39, 0.29) is 25.0 Å². The molecule has 1 aromatic heterocycles. The summed E-state index contributed by atoms with van der Waals surface area (Å²) in [5.74, 6) is 0.996. The SMILES string of the molecule is CCN(CC)C(=O)c1cccc(NC(=O)Cn2c(COc3ccc(Cl)cc3)nc3ccccc32)c1. The number of carbonyl (C=O) groups is 2. The van der Waals surface area contributed by atoms with Crippen LogP contribution in [0.4, 0.5) is 5.69 Å². The number of carbonyl (C=O) groups excluding carboxylic acids is 2. The van der Waals surface area contributed by atoms with Crippen molar-refractivity contribution in [2.75, 3.05) is 18.4 Å². The van der Waals surface area contributed by atoms with Crippen LogP contribution in [-0.4, -0.2) is 39.4 Å². The predicted molar refractivity (Wildman–Crippen MR) is 138 cm³/mol. The number of para-hydroxylation sites is 2. The normalized spacial score (nSPS) is 10.8. The first kappa shape index (κ1) is 24.3. The molecule has 0 saturated heterocycles. The molecule has 4 rings (SSSR count). The smallest absolute Gasteiger partial charge is 0.253 e. The molecule has 0 radical (unpaired) electrons. The fourth-order valence-electron chi connectivity index (χ4n) is 3.86. The van der Waals surface area contributed by atoms with Crippen molar-refractivity contribution in [2.45, 2.75) is 27.0 Å². The predicted octanol–water partition coefficient (Wildman–Crippen LogP) is 5.39. The Labute approximate surface area is 209 Å². The quantitative estimate of drug-likeness (QED) is 0.341. The lowest BCUT2D eigenvalue weighted by Crippen LogP contribution is -2.30. The topological polar surface area (TPSA) is 76.5 Å². The summed E-state index contributed by atoms with van der Waals surface area (Å²) in [6.45, 7) is 5.37. The third-order valence-corrected chi connectivity index (χ3v) is 5.91. The van der Waals surface area contributed by atoms with Crippen LogP contribution in [0.5, 0.6) is 5.75 Å². The third-order valence-electron chi connectivity index (χ3n) is 5.66. The Hall–Kier alpha value is -3.84. The molecule has 4 aromatic rings. The summed E-state index contributed by atoms with van der Waals surface area (Å²) in [5.41, 5.74) is 2.72. The maximum Gasteiger partial charge on any atom is 0.253 e. The number of benzene rings is 3. The summed E-state index contributed by atoms with van der Waals surface area (Å²) in [5, 5.41) is 3.54. The monoisotopic (exact) mass is 490 g/mol. The van der Waals surface area contributed by atoms with Crippen molar-refractivity contribution >= 4 is 40.1 Å². The van der Waals surface area contributed by atoms with Crippen LogP contribution in [-0.2, 0) is 17.9 Å². The minimum atomic E-state index is -0.228. The van der Waals surface area contributed by atoms with E-state index in [1.54, 1.807) is 53.4 Å². The average Bonchev–Trinajstić information content (AvgIpc) is 3.21. The molecule has 0 fully saturated rings. The number of ether oxygens (including phenoxy) is 1. The number of imidazole rings is 1. The second kappa shape index (κ2) is 11.1. The zero-order valence-corrected chi connectivity index (χ0v) is 20.5. The van der Waals surface area contributed by atoms with Gasteiger partial charge < -0.3 is 19.5 Å². The molecule has 0 aliphatic rings. The number of fused-ring (bicyclic) bond motifs is 1. The molecule has 0 atom stereocenters. The lowest BCUT2D eigenvalue weighted by molar-refractivity contribution is -0.116. The highest BCUT2D eigenvalue weighted by molar-refractivity contribution is 6.30. The van der Waals surface area contributed by atoms with Gasteiger partial charge in [-0.1, -0.05) is 29.8 Å². The van der Waals surface area contributed by atoms with Gasteiger partial charge in [-0.3, -0.25) is 9.59 Å². The van der Waals surface area contributed by atoms with E-state index in [9.17, 15) is 9.59 Å². The van der Waals surface area contributed by atoms with E-state index in [0.717, 1.165) is 11.0 Å². The highest BCUT2D eigenvalue weighted by atomic mass is 35.5. The van der Waals surface area contributed by atoms with Crippen LogP contribution in [0.1, 0.15) is 30.0 Å². The van der Waals surface area contributed by atoms with E-state index in [0.29, 0.717) is 40.9 Å². The average molecular weight is 491 g/mol. The van der Waals surface area contributed by atoms with Crippen molar-refractivity contribution in [3.8, 4) is 5.75 Å². The van der Waals surface area contributed by atoms with E-state index in [1.165, 1.54) is 0 Å². The molecule has 0 aliphatic heterocycles. The van der Waals surface area contributed by atoms with E-state index in [1.807, 2.05) is 42.7 Å².